The van der Waals surface area contributed by atoms with Gasteiger partial charge in [-0.3, -0.25) is 19.8 Å². The molecule has 164 valence electrons. The van der Waals surface area contributed by atoms with Gasteiger partial charge in [-0.2, -0.15) is 0 Å². The second-order valence-electron chi connectivity index (χ2n) is 7.29. The van der Waals surface area contributed by atoms with Crippen LogP contribution in [0.15, 0.2) is 41.0 Å². The van der Waals surface area contributed by atoms with Crippen LogP contribution < -0.4 is 25.4 Å². The smallest absolute Gasteiger partial charge is 0.325 e. The Kier molecular flexibility index (Phi) is 6.37. The summed E-state index contributed by atoms with van der Waals surface area (Å²) in [5, 5.41) is 7.72. The number of urea groups is 1. The van der Waals surface area contributed by atoms with Crippen LogP contribution in [0.2, 0.25) is 0 Å². The maximum atomic E-state index is 12.5. The number of furan rings is 1. The van der Waals surface area contributed by atoms with E-state index in [1.807, 2.05) is 0 Å². The fourth-order valence-electron chi connectivity index (χ4n) is 3.65. The van der Waals surface area contributed by atoms with E-state index in [0.29, 0.717) is 55.7 Å². The number of nitrogens with one attached hydrogen (secondary N) is 3. The average molecular weight is 428 g/mol. The first-order chi connectivity index (χ1) is 15.1. The molecule has 0 bridgehead atoms. The minimum atomic E-state index is -0.653. The van der Waals surface area contributed by atoms with E-state index in [0.717, 1.165) is 6.42 Å². The Balaban J connectivity index is 1.25. The summed E-state index contributed by atoms with van der Waals surface area (Å²) in [6.07, 6.45) is 3.00. The maximum Gasteiger partial charge on any atom is 0.325 e. The number of likely N-dealkylation sites (tertiary alicyclic amines) is 1. The van der Waals surface area contributed by atoms with Gasteiger partial charge >= 0.3 is 6.03 Å². The molecule has 4 rings (SSSR count). The van der Waals surface area contributed by atoms with Gasteiger partial charge in [0.1, 0.15) is 19.0 Å². The van der Waals surface area contributed by atoms with Crippen LogP contribution in [0.1, 0.15) is 18.6 Å². The molecule has 1 unspecified atom stereocenters. The first kappa shape index (κ1) is 20.7. The topological polar surface area (TPSA) is 122 Å². The molecule has 0 radical (unpaired) electrons. The molecule has 2 aromatic rings. The van der Waals surface area contributed by atoms with Gasteiger partial charge in [-0.15, -0.1) is 0 Å². The van der Waals surface area contributed by atoms with Gasteiger partial charge in [0.15, 0.2) is 11.5 Å². The van der Waals surface area contributed by atoms with Gasteiger partial charge in [0, 0.05) is 11.8 Å². The number of imide groups is 1. The summed E-state index contributed by atoms with van der Waals surface area (Å²) >= 11 is 0. The summed E-state index contributed by atoms with van der Waals surface area (Å²) in [5.41, 5.74) is 0.478. The van der Waals surface area contributed by atoms with E-state index in [-0.39, 0.29) is 12.5 Å². The third-order valence-corrected chi connectivity index (χ3v) is 5.08. The molecule has 1 fully saturated rings. The van der Waals surface area contributed by atoms with Crippen molar-refractivity contribution in [3.05, 3.63) is 42.4 Å². The number of anilines is 1. The lowest BCUT2D eigenvalue weighted by atomic mass is 10.2. The average Bonchev–Trinajstić information content (AvgIpc) is 3.44. The number of benzene rings is 1. The van der Waals surface area contributed by atoms with Crippen LogP contribution in [0.4, 0.5) is 10.5 Å². The standard InChI is InChI=1S/C21H24N4O6/c26-19(24-21(28)23-14-5-6-17-18(11-14)31-10-9-30-17)13-25-7-1-4-16(25)20(27)22-12-15-3-2-8-29-15/h2-3,5-6,8,11,16H,1,4,7,9-10,12-13H2,(H,22,27)(H2,23,24,26,28). The summed E-state index contributed by atoms with van der Waals surface area (Å²) in [4.78, 5) is 38.8. The molecule has 1 aromatic carbocycles. The van der Waals surface area contributed by atoms with Crippen molar-refractivity contribution in [1.82, 2.24) is 15.5 Å². The lowest BCUT2D eigenvalue weighted by Crippen LogP contribution is -2.48. The molecule has 31 heavy (non-hydrogen) atoms. The number of hydrogen-bond acceptors (Lipinski definition) is 7. The molecule has 1 atom stereocenters. The van der Waals surface area contributed by atoms with Gasteiger partial charge in [0.25, 0.3) is 0 Å². The highest BCUT2D eigenvalue weighted by Crippen LogP contribution is 2.32. The van der Waals surface area contributed by atoms with E-state index >= 15 is 0 Å². The highest BCUT2D eigenvalue weighted by atomic mass is 16.6. The quantitative estimate of drug-likeness (QED) is 0.637. The molecular formula is C21H24N4O6. The Hall–Kier alpha value is -3.53. The number of fused-ring (bicyclic) bond motifs is 1. The number of nitrogens with zero attached hydrogens (tertiary/aromatic N) is 1. The van der Waals surface area contributed by atoms with Crippen molar-refractivity contribution in [1.29, 1.82) is 0 Å². The molecule has 0 spiro atoms. The Morgan fingerprint density at radius 1 is 1.10 bits per heavy atom. The normalized spacial score (nSPS) is 17.7. The molecule has 4 amide bonds. The lowest BCUT2D eigenvalue weighted by molar-refractivity contribution is -0.127. The van der Waals surface area contributed by atoms with Crippen LogP contribution in [0.3, 0.4) is 0 Å². The molecule has 10 heteroatoms. The number of carbonyl (C=O) groups excluding carboxylic acids is 3. The molecule has 2 aliphatic rings. The molecule has 3 heterocycles. The van der Waals surface area contributed by atoms with E-state index in [9.17, 15) is 14.4 Å². The molecule has 1 saturated heterocycles. The summed E-state index contributed by atoms with van der Waals surface area (Å²) in [5.74, 6) is 1.16. The Labute approximate surface area is 178 Å². The van der Waals surface area contributed by atoms with Crippen LogP contribution in [-0.4, -0.2) is 55.1 Å². The molecule has 1 aromatic heterocycles. The number of amides is 4. The fraction of sp³-hybridized carbons (Fsp3) is 0.381. The van der Waals surface area contributed by atoms with Gasteiger partial charge in [0.2, 0.25) is 11.8 Å². The van der Waals surface area contributed by atoms with Crippen molar-refractivity contribution in [2.75, 3.05) is 31.6 Å². The Morgan fingerprint density at radius 2 is 1.94 bits per heavy atom. The number of hydrogen-bond donors (Lipinski definition) is 3. The predicted molar refractivity (Wildman–Crippen MR) is 110 cm³/mol. The van der Waals surface area contributed by atoms with Crippen LogP contribution in [-0.2, 0) is 16.1 Å². The largest absolute Gasteiger partial charge is 0.486 e. The van der Waals surface area contributed by atoms with Gasteiger partial charge in [-0.05, 0) is 43.7 Å². The molecular weight excluding hydrogens is 404 g/mol. The fourth-order valence-corrected chi connectivity index (χ4v) is 3.65. The van der Waals surface area contributed by atoms with Crippen LogP contribution in [0.25, 0.3) is 0 Å². The van der Waals surface area contributed by atoms with Gasteiger partial charge in [-0.1, -0.05) is 0 Å². The van der Waals surface area contributed by atoms with E-state index in [1.165, 1.54) is 0 Å². The van der Waals surface area contributed by atoms with Gasteiger partial charge < -0.3 is 24.5 Å². The van der Waals surface area contributed by atoms with Crippen molar-refractivity contribution in [2.24, 2.45) is 0 Å². The first-order valence-corrected chi connectivity index (χ1v) is 10.1. The highest BCUT2D eigenvalue weighted by molar-refractivity contribution is 6.02. The number of ether oxygens (including phenoxy) is 2. The third-order valence-electron chi connectivity index (χ3n) is 5.08. The second-order valence-corrected chi connectivity index (χ2v) is 7.29. The monoisotopic (exact) mass is 428 g/mol. The Bertz CT molecular complexity index is 945. The summed E-state index contributed by atoms with van der Waals surface area (Å²) in [6, 6.07) is 7.46. The van der Waals surface area contributed by atoms with Crippen molar-refractivity contribution in [2.45, 2.75) is 25.4 Å². The molecule has 2 aliphatic heterocycles. The summed E-state index contributed by atoms with van der Waals surface area (Å²) in [7, 11) is 0. The van der Waals surface area contributed by atoms with Crippen molar-refractivity contribution < 1.29 is 28.3 Å². The van der Waals surface area contributed by atoms with Gasteiger partial charge in [-0.25, -0.2) is 4.79 Å². The van der Waals surface area contributed by atoms with E-state index in [2.05, 4.69) is 16.0 Å². The number of carbonyl (C=O) groups is 3. The molecule has 0 saturated carbocycles. The highest BCUT2D eigenvalue weighted by Gasteiger charge is 2.32. The van der Waals surface area contributed by atoms with Gasteiger partial charge in [0.05, 0.1) is 25.4 Å². The molecule has 0 aliphatic carbocycles. The number of rotatable bonds is 6. The zero-order chi connectivity index (χ0) is 21.6. The van der Waals surface area contributed by atoms with E-state index in [1.54, 1.807) is 41.5 Å². The van der Waals surface area contributed by atoms with Crippen molar-refractivity contribution in [3.63, 3.8) is 0 Å². The SMILES string of the molecule is O=C(CN1CCCC1C(=O)NCc1ccco1)NC(=O)Nc1ccc2c(c1)OCCO2. The van der Waals surface area contributed by atoms with Crippen molar-refractivity contribution in [3.8, 4) is 11.5 Å². The second kappa shape index (κ2) is 9.52. The molecule has 3 N–H and O–H groups in total. The summed E-state index contributed by atoms with van der Waals surface area (Å²) in [6.45, 7) is 1.77. The van der Waals surface area contributed by atoms with Crippen LogP contribution in [0, 0.1) is 0 Å². The van der Waals surface area contributed by atoms with Crippen LogP contribution in [0.5, 0.6) is 11.5 Å². The lowest BCUT2D eigenvalue weighted by Gasteiger charge is -2.22. The minimum absolute atomic E-state index is 0.0482. The van der Waals surface area contributed by atoms with E-state index < -0.39 is 18.0 Å². The van der Waals surface area contributed by atoms with E-state index in [4.69, 9.17) is 13.9 Å². The third kappa shape index (κ3) is 5.34. The minimum Gasteiger partial charge on any atom is -0.486 e. The predicted octanol–water partition coefficient (Wildman–Crippen LogP) is 1.48. The first-order valence-electron chi connectivity index (χ1n) is 10.1. The zero-order valence-corrected chi connectivity index (χ0v) is 16.9. The van der Waals surface area contributed by atoms with Crippen molar-refractivity contribution >= 4 is 23.5 Å². The maximum absolute atomic E-state index is 12.5. The van der Waals surface area contributed by atoms with Crippen LogP contribution >= 0.6 is 0 Å². The zero-order valence-electron chi connectivity index (χ0n) is 16.9. The Morgan fingerprint density at radius 3 is 2.74 bits per heavy atom. The molecule has 10 nitrogen and oxygen atoms in total. The summed E-state index contributed by atoms with van der Waals surface area (Å²) < 4.78 is 16.1.